The molecule has 1 fully saturated rings. The van der Waals surface area contributed by atoms with Gasteiger partial charge in [-0.25, -0.2) is 4.79 Å². The normalized spacial score (nSPS) is 18.7. The molecule has 28 heavy (non-hydrogen) atoms. The van der Waals surface area contributed by atoms with E-state index < -0.39 is 0 Å². The van der Waals surface area contributed by atoms with Crippen molar-refractivity contribution in [2.75, 3.05) is 5.32 Å². The third-order valence-corrected chi connectivity index (χ3v) is 5.38. The second kappa shape index (κ2) is 7.84. The van der Waals surface area contributed by atoms with Crippen LogP contribution in [0.1, 0.15) is 48.4 Å². The Kier molecular flexibility index (Phi) is 5.10. The zero-order valence-corrected chi connectivity index (χ0v) is 15.6. The van der Waals surface area contributed by atoms with E-state index in [1.807, 2.05) is 24.3 Å². The summed E-state index contributed by atoms with van der Waals surface area (Å²) in [5.74, 6) is -0.251. The van der Waals surface area contributed by atoms with Gasteiger partial charge in [0, 0.05) is 18.5 Å². The number of benzene rings is 2. The third-order valence-electron chi connectivity index (χ3n) is 5.38. The largest absolute Gasteiger partial charge is 0.331 e. The maximum absolute atomic E-state index is 12.4. The van der Waals surface area contributed by atoms with Crippen molar-refractivity contribution >= 4 is 23.5 Å². The highest BCUT2D eigenvalue weighted by Crippen LogP contribution is 2.29. The molecule has 1 aliphatic carbocycles. The Labute approximate surface area is 163 Å². The first-order chi connectivity index (χ1) is 13.6. The lowest BCUT2D eigenvalue weighted by molar-refractivity contribution is -0.139. The molecule has 6 nitrogen and oxygen atoms in total. The molecular formula is C22H23N3O3. The molecule has 2 aliphatic rings. The second-order valence-electron chi connectivity index (χ2n) is 7.31. The number of carbonyl (C=O) groups is 3. The molecule has 1 saturated heterocycles. The van der Waals surface area contributed by atoms with E-state index in [0.29, 0.717) is 18.5 Å². The van der Waals surface area contributed by atoms with E-state index in [-0.39, 0.29) is 30.4 Å². The van der Waals surface area contributed by atoms with E-state index in [1.54, 1.807) is 12.1 Å². The van der Waals surface area contributed by atoms with Crippen molar-refractivity contribution in [3.8, 4) is 0 Å². The van der Waals surface area contributed by atoms with Crippen molar-refractivity contribution in [3.05, 3.63) is 65.2 Å². The summed E-state index contributed by atoms with van der Waals surface area (Å²) < 4.78 is 0. The van der Waals surface area contributed by atoms with Crippen molar-refractivity contribution in [1.82, 2.24) is 10.2 Å². The van der Waals surface area contributed by atoms with E-state index in [0.717, 1.165) is 24.8 Å². The molecule has 2 aromatic rings. The van der Waals surface area contributed by atoms with Gasteiger partial charge < -0.3 is 10.6 Å². The summed E-state index contributed by atoms with van der Waals surface area (Å²) in [6, 6.07) is 15.2. The molecule has 0 radical (unpaired) electrons. The summed E-state index contributed by atoms with van der Waals surface area (Å²) in [7, 11) is 0. The van der Waals surface area contributed by atoms with Crippen LogP contribution in [0.15, 0.2) is 48.5 Å². The lowest BCUT2D eigenvalue weighted by Crippen LogP contribution is -2.34. The predicted molar refractivity (Wildman–Crippen MR) is 106 cm³/mol. The first-order valence-corrected chi connectivity index (χ1v) is 9.67. The number of fused-ring (bicyclic) bond motifs is 1. The van der Waals surface area contributed by atoms with Crippen LogP contribution in [0, 0.1) is 0 Å². The average Bonchev–Trinajstić information content (AvgIpc) is 3.02. The molecule has 0 bridgehead atoms. The van der Waals surface area contributed by atoms with Gasteiger partial charge in [-0.3, -0.25) is 14.5 Å². The summed E-state index contributed by atoms with van der Waals surface area (Å²) in [4.78, 5) is 37.1. The van der Waals surface area contributed by atoms with Crippen LogP contribution < -0.4 is 10.6 Å². The second-order valence-corrected chi connectivity index (χ2v) is 7.31. The quantitative estimate of drug-likeness (QED) is 0.800. The lowest BCUT2D eigenvalue weighted by Gasteiger charge is -2.26. The number of nitrogens with zero attached hydrogens (tertiary/aromatic N) is 1. The molecule has 1 aliphatic heterocycles. The molecule has 144 valence electrons. The number of carbonyl (C=O) groups excluding carboxylic acids is 3. The summed E-state index contributed by atoms with van der Waals surface area (Å²) in [5, 5.41) is 5.92. The van der Waals surface area contributed by atoms with Crippen LogP contribution in [-0.4, -0.2) is 22.7 Å². The van der Waals surface area contributed by atoms with Crippen LogP contribution in [0.3, 0.4) is 0 Å². The van der Waals surface area contributed by atoms with Crippen molar-refractivity contribution in [3.63, 3.8) is 0 Å². The fourth-order valence-electron chi connectivity index (χ4n) is 3.90. The number of anilines is 1. The molecule has 0 aromatic heterocycles. The van der Waals surface area contributed by atoms with Crippen LogP contribution in [0.4, 0.5) is 10.5 Å². The van der Waals surface area contributed by atoms with E-state index >= 15 is 0 Å². The zero-order valence-electron chi connectivity index (χ0n) is 15.6. The van der Waals surface area contributed by atoms with E-state index in [4.69, 9.17) is 0 Å². The van der Waals surface area contributed by atoms with Gasteiger partial charge >= 0.3 is 6.03 Å². The van der Waals surface area contributed by atoms with Gasteiger partial charge in [0.25, 0.3) is 0 Å². The fraction of sp³-hybridized carbons (Fsp3) is 0.318. The van der Waals surface area contributed by atoms with Gasteiger partial charge in [-0.15, -0.1) is 0 Å². The predicted octanol–water partition coefficient (Wildman–Crippen LogP) is 3.53. The zero-order chi connectivity index (χ0) is 19.5. The van der Waals surface area contributed by atoms with Gasteiger partial charge in [0.05, 0.1) is 12.6 Å². The summed E-state index contributed by atoms with van der Waals surface area (Å²) >= 11 is 0. The van der Waals surface area contributed by atoms with Crippen LogP contribution in [0.5, 0.6) is 0 Å². The number of likely N-dealkylation sites (tertiary alicyclic amines) is 1. The standard InChI is InChI=1S/C22H23N3O3/c26-20-12-13-21(27)25(20)14-15-8-10-17(11-9-15)23-22(28)24-19-7-3-5-16-4-1-2-6-18(16)19/h1-2,4,6,8-11,19H,3,5,7,12-14H2,(H2,23,24,28)/t19-/m0/s1. The Morgan fingerprint density at radius 1 is 0.964 bits per heavy atom. The van der Waals surface area contributed by atoms with E-state index in [1.165, 1.54) is 16.0 Å². The number of hydrogen-bond donors (Lipinski definition) is 2. The average molecular weight is 377 g/mol. The highest BCUT2D eigenvalue weighted by molar-refractivity contribution is 6.01. The van der Waals surface area contributed by atoms with Gasteiger partial charge in [0.2, 0.25) is 11.8 Å². The van der Waals surface area contributed by atoms with E-state index in [2.05, 4.69) is 22.8 Å². The first-order valence-electron chi connectivity index (χ1n) is 9.67. The SMILES string of the molecule is O=C(Nc1ccc(CN2C(=O)CCC2=O)cc1)N[C@H]1CCCc2ccccc21. The number of aryl methyl sites for hydroxylation is 1. The smallest absolute Gasteiger partial charge is 0.319 e. The number of imide groups is 1. The molecular weight excluding hydrogens is 354 g/mol. The Bertz CT molecular complexity index is 891. The molecule has 1 heterocycles. The summed E-state index contributed by atoms with van der Waals surface area (Å²) in [6.07, 6.45) is 3.64. The minimum Gasteiger partial charge on any atom is -0.331 e. The number of amides is 4. The highest BCUT2D eigenvalue weighted by atomic mass is 16.2. The van der Waals surface area contributed by atoms with Gasteiger partial charge in [-0.2, -0.15) is 0 Å². The molecule has 4 rings (SSSR count). The minimum absolute atomic E-state index is 0.0245. The van der Waals surface area contributed by atoms with Crippen molar-refractivity contribution in [1.29, 1.82) is 0 Å². The number of hydrogen-bond acceptors (Lipinski definition) is 3. The number of urea groups is 1. The maximum Gasteiger partial charge on any atom is 0.319 e. The van der Waals surface area contributed by atoms with Crippen LogP contribution >= 0.6 is 0 Å². The Hall–Kier alpha value is -3.15. The van der Waals surface area contributed by atoms with Gasteiger partial charge in [-0.1, -0.05) is 36.4 Å². The maximum atomic E-state index is 12.4. The Morgan fingerprint density at radius 3 is 2.43 bits per heavy atom. The third kappa shape index (κ3) is 3.91. The summed E-state index contributed by atoms with van der Waals surface area (Å²) in [6.45, 7) is 0.281. The van der Waals surface area contributed by atoms with Crippen molar-refractivity contribution in [2.24, 2.45) is 0 Å². The van der Waals surface area contributed by atoms with Crippen LogP contribution in [-0.2, 0) is 22.6 Å². The molecule has 1 atom stereocenters. The highest BCUT2D eigenvalue weighted by Gasteiger charge is 2.28. The summed E-state index contributed by atoms with van der Waals surface area (Å²) in [5.41, 5.74) is 4.02. The monoisotopic (exact) mass is 377 g/mol. The molecule has 4 amide bonds. The lowest BCUT2D eigenvalue weighted by atomic mass is 9.88. The van der Waals surface area contributed by atoms with Crippen molar-refractivity contribution in [2.45, 2.75) is 44.7 Å². The van der Waals surface area contributed by atoms with Crippen molar-refractivity contribution < 1.29 is 14.4 Å². The topological polar surface area (TPSA) is 78.5 Å². The van der Waals surface area contributed by atoms with Gasteiger partial charge in [-0.05, 0) is 48.1 Å². The molecule has 2 aromatic carbocycles. The molecule has 0 unspecified atom stereocenters. The van der Waals surface area contributed by atoms with Gasteiger partial charge in [0.1, 0.15) is 0 Å². The minimum atomic E-state index is -0.237. The van der Waals surface area contributed by atoms with Crippen LogP contribution in [0.25, 0.3) is 0 Å². The molecule has 6 heteroatoms. The first kappa shape index (κ1) is 18.2. The van der Waals surface area contributed by atoms with E-state index in [9.17, 15) is 14.4 Å². The molecule has 0 spiro atoms. The Balaban J connectivity index is 1.35. The Morgan fingerprint density at radius 2 is 1.68 bits per heavy atom. The molecule has 0 saturated carbocycles. The fourth-order valence-corrected chi connectivity index (χ4v) is 3.90. The number of nitrogens with one attached hydrogen (secondary N) is 2. The van der Waals surface area contributed by atoms with Crippen LogP contribution in [0.2, 0.25) is 0 Å². The number of rotatable bonds is 4. The molecule has 2 N–H and O–H groups in total. The van der Waals surface area contributed by atoms with Gasteiger partial charge in [0.15, 0.2) is 0 Å².